The summed E-state index contributed by atoms with van der Waals surface area (Å²) in [7, 11) is -3.84. The van der Waals surface area contributed by atoms with Crippen molar-refractivity contribution < 1.29 is 13.2 Å². The van der Waals surface area contributed by atoms with Crippen molar-refractivity contribution in [2.24, 2.45) is 5.73 Å². The average Bonchev–Trinajstić information content (AvgIpc) is 2.68. The van der Waals surface area contributed by atoms with E-state index in [9.17, 15) is 13.2 Å². The van der Waals surface area contributed by atoms with E-state index in [2.05, 4.69) is 20.3 Å². The van der Waals surface area contributed by atoms with Crippen LogP contribution in [0.1, 0.15) is 18.3 Å². The first-order chi connectivity index (χ1) is 14.2. The number of halogens is 1. The first-order valence-electron chi connectivity index (χ1n) is 8.91. The number of primary amides is 1. The van der Waals surface area contributed by atoms with Gasteiger partial charge in [0.15, 0.2) is 5.82 Å². The number of nitrogens with one attached hydrogen (secondary N) is 2. The number of benzene rings is 2. The van der Waals surface area contributed by atoms with Gasteiger partial charge in [0.05, 0.1) is 5.75 Å². The summed E-state index contributed by atoms with van der Waals surface area (Å²) < 4.78 is 25.3. The Morgan fingerprint density at radius 3 is 2.47 bits per heavy atom. The van der Waals surface area contributed by atoms with Crippen molar-refractivity contribution in [3.63, 3.8) is 0 Å². The lowest BCUT2D eigenvalue weighted by molar-refractivity contribution is 0.253. The summed E-state index contributed by atoms with van der Waals surface area (Å²) >= 11 is 6.07. The maximum Gasteiger partial charge on any atom is 0.325 e. The van der Waals surface area contributed by atoms with E-state index in [0.29, 0.717) is 40.3 Å². The second-order valence-corrected chi connectivity index (χ2v) is 8.47. The number of amides is 2. The van der Waals surface area contributed by atoms with E-state index in [1.165, 1.54) is 0 Å². The van der Waals surface area contributed by atoms with Gasteiger partial charge in [0.2, 0.25) is 16.0 Å². The SMILES string of the molecule is CCc1nc(Nc2ccc(CS(=O)(=O)NC(N)=O)cc2)nc(-c2cccc(Cl)c2)n1. The molecule has 0 spiro atoms. The lowest BCUT2D eigenvalue weighted by Gasteiger charge is -2.10. The molecule has 3 rings (SSSR count). The summed E-state index contributed by atoms with van der Waals surface area (Å²) in [5.74, 6) is 1.09. The highest BCUT2D eigenvalue weighted by Gasteiger charge is 2.14. The fraction of sp³-hybridized carbons (Fsp3) is 0.158. The molecule has 0 aliphatic carbocycles. The minimum atomic E-state index is -3.84. The number of hydrogen-bond acceptors (Lipinski definition) is 7. The topological polar surface area (TPSA) is 140 Å². The Morgan fingerprint density at radius 1 is 1.10 bits per heavy atom. The molecule has 2 aromatic carbocycles. The molecule has 0 aliphatic heterocycles. The molecule has 0 unspecified atom stereocenters. The molecule has 9 nitrogen and oxygen atoms in total. The van der Waals surface area contributed by atoms with Crippen molar-refractivity contribution in [1.82, 2.24) is 19.7 Å². The Bertz CT molecular complexity index is 1170. The van der Waals surface area contributed by atoms with E-state index in [-0.39, 0.29) is 5.75 Å². The van der Waals surface area contributed by atoms with Gasteiger partial charge in [0.25, 0.3) is 0 Å². The highest BCUT2D eigenvalue weighted by atomic mass is 35.5. The van der Waals surface area contributed by atoms with Crippen molar-refractivity contribution in [1.29, 1.82) is 0 Å². The third-order valence-corrected chi connectivity index (χ3v) is 5.36. The van der Waals surface area contributed by atoms with E-state index in [4.69, 9.17) is 17.3 Å². The van der Waals surface area contributed by atoms with Gasteiger partial charge in [-0.15, -0.1) is 0 Å². The highest BCUT2D eigenvalue weighted by molar-refractivity contribution is 7.89. The smallest absolute Gasteiger partial charge is 0.325 e. The molecule has 156 valence electrons. The molecule has 0 saturated carbocycles. The minimum Gasteiger partial charge on any atom is -0.351 e. The summed E-state index contributed by atoms with van der Waals surface area (Å²) in [4.78, 5) is 24.0. The van der Waals surface area contributed by atoms with Crippen molar-refractivity contribution in [2.45, 2.75) is 19.1 Å². The van der Waals surface area contributed by atoms with Gasteiger partial charge in [-0.1, -0.05) is 42.8 Å². The molecule has 4 N–H and O–H groups in total. The number of anilines is 2. The summed E-state index contributed by atoms with van der Waals surface area (Å²) in [5.41, 5.74) is 6.77. The second-order valence-electron chi connectivity index (χ2n) is 6.31. The lowest BCUT2D eigenvalue weighted by Crippen LogP contribution is -2.35. The van der Waals surface area contributed by atoms with E-state index in [0.717, 1.165) is 5.56 Å². The van der Waals surface area contributed by atoms with Gasteiger partial charge in [-0.2, -0.15) is 9.97 Å². The van der Waals surface area contributed by atoms with Gasteiger partial charge in [0, 0.05) is 22.7 Å². The molecule has 0 bridgehead atoms. The summed E-state index contributed by atoms with van der Waals surface area (Å²) in [6.45, 7) is 1.94. The van der Waals surface area contributed by atoms with E-state index in [1.807, 2.05) is 19.1 Å². The summed E-state index contributed by atoms with van der Waals surface area (Å²) in [6.07, 6.45) is 0.619. The standard InChI is InChI=1S/C19H19ClN6O3S/c1-2-16-23-17(13-4-3-5-14(20)10-13)25-19(24-16)22-15-8-6-12(7-9-15)11-30(28,29)26-18(21)27/h3-10H,2,11H2,1H3,(H3,21,26,27)(H,22,23,24,25). The molecule has 3 aromatic rings. The van der Waals surface area contributed by atoms with Gasteiger partial charge < -0.3 is 11.1 Å². The number of nitrogens with zero attached hydrogens (tertiary/aromatic N) is 3. The number of nitrogens with two attached hydrogens (primary N) is 1. The van der Waals surface area contributed by atoms with E-state index >= 15 is 0 Å². The van der Waals surface area contributed by atoms with Crippen LogP contribution >= 0.6 is 11.6 Å². The molecule has 11 heteroatoms. The number of carbonyl (C=O) groups is 1. The minimum absolute atomic E-state index is 0.354. The van der Waals surface area contributed by atoms with Crippen LogP contribution in [0.5, 0.6) is 0 Å². The number of sulfonamides is 1. The average molecular weight is 447 g/mol. The summed E-state index contributed by atoms with van der Waals surface area (Å²) in [6, 6.07) is 12.7. The number of rotatable bonds is 7. The van der Waals surface area contributed by atoms with Crippen LogP contribution < -0.4 is 15.8 Å². The van der Waals surface area contributed by atoms with Crippen LogP contribution in [0.4, 0.5) is 16.4 Å². The Morgan fingerprint density at radius 2 is 1.83 bits per heavy atom. The van der Waals surface area contributed by atoms with Gasteiger partial charge in [0.1, 0.15) is 5.82 Å². The van der Waals surface area contributed by atoms with Gasteiger partial charge >= 0.3 is 6.03 Å². The molecule has 30 heavy (non-hydrogen) atoms. The van der Waals surface area contributed by atoms with Crippen molar-refractivity contribution in [3.8, 4) is 11.4 Å². The third kappa shape index (κ3) is 5.88. The molecule has 0 fully saturated rings. The van der Waals surface area contributed by atoms with Gasteiger partial charge in [-0.25, -0.2) is 22.9 Å². The predicted molar refractivity (Wildman–Crippen MR) is 115 cm³/mol. The number of hydrogen-bond donors (Lipinski definition) is 3. The molecule has 1 heterocycles. The maximum atomic E-state index is 11.8. The first-order valence-corrected chi connectivity index (χ1v) is 10.9. The number of urea groups is 1. The van der Waals surface area contributed by atoms with Crippen LogP contribution in [0, 0.1) is 0 Å². The van der Waals surface area contributed by atoms with Crippen molar-refractivity contribution >= 4 is 39.3 Å². The fourth-order valence-corrected chi connectivity index (χ4v) is 3.81. The Labute approximate surface area is 178 Å². The molecular weight excluding hydrogens is 428 g/mol. The molecule has 0 radical (unpaired) electrons. The Balaban J connectivity index is 1.80. The van der Waals surface area contributed by atoms with Gasteiger partial charge in [-0.3, -0.25) is 0 Å². The van der Waals surface area contributed by atoms with Crippen LogP contribution in [-0.2, 0) is 22.2 Å². The Kier molecular flexibility index (Phi) is 6.48. The summed E-state index contributed by atoms with van der Waals surface area (Å²) in [5, 5.41) is 3.67. The lowest BCUT2D eigenvalue weighted by atomic mass is 10.2. The molecule has 0 aliphatic rings. The monoisotopic (exact) mass is 446 g/mol. The first kappa shape index (κ1) is 21.5. The zero-order valence-corrected chi connectivity index (χ0v) is 17.5. The van der Waals surface area contributed by atoms with Crippen molar-refractivity contribution in [2.75, 3.05) is 5.32 Å². The van der Waals surface area contributed by atoms with Crippen molar-refractivity contribution in [3.05, 3.63) is 64.9 Å². The quantitative estimate of drug-likeness (QED) is 0.506. The highest BCUT2D eigenvalue weighted by Crippen LogP contribution is 2.22. The van der Waals surface area contributed by atoms with E-state index < -0.39 is 16.1 Å². The number of aryl methyl sites for hydroxylation is 1. The van der Waals surface area contributed by atoms with Crippen LogP contribution in [0.15, 0.2) is 48.5 Å². The van der Waals surface area contributed by atoms with Gasteiger partial charge in [-0.05, 0) is 29.8 Å². The molecular formula is C19H19ClN6O3S. The normalized spacial score (nSPS) is 11.1. The molecule has 2 amide bonds. The largest absolute Gasteiger partial charge is 0.351 e. The zero-order valence-electron chi connectivity index (χ0n) is 16.0. The van der Waals surface area contributed by atoms with Crippen LogP contribution in [0.2, 0.25) is 5.02 Å². The number of carbonyl (C=O) groups excluding carboxylic acids is 1. The molecule has 0 atom stereocenters. The van der Waals surface area contributed by atoms with E-state index in [1.54, 1.807) is 41.1 Å². The fourth-order valence-electron chi connectivity index (χ4n) is 2.61. The maximum absolute atomic E-state index is 11.8. The predicted octanol–water partition coefficient (Wildman–Crippen LogP) is 3.00. The zero-order chi connectivity index (χ0) is 21.7. The second kappa shape index (κ2) is 9.06. The van der Waals surface area contributed by atoms with Crippen LogP contribution in [0.25, 0.3) is 11.4 Å². The molecule has 1 aromatic heterocycles. The number of aromatic nitrogens is 3. The third-order valence-electron chi connectivity index (χ3n) is 3.90. The van der Waals surface area contributed by atoms with Crippen LogP contribution in [-0.4, -0.2) is 29.4 Å². The Hall–Kier alpha value is -3.24. The molecule has 0 saturated heterocycles. The van der Waals surface area contributed by atoms with Crippen LogP contribution in [0.3, 0.4) is 0 Å².